The summed E-state index contributed by atoms with van der Waals surface area (Å²) in [5.41, 5.74) is 6.00. The zero-order valence-electron chi connectivity index (χ0n) is 11.9. The van der Waals surface area contributed by atoms with Crippen LogP contribution in [0.5, 0.6) is 0 Å². The number of aliphatic hydroxyl groups excluding tert-OH is 1. The first-order valence-corrected chi connectivity index (χ1v) is 7.42. The van der Waals surface area contributed by atoms with Crippen LogP contribution in [0, 0.1) is 17.3 Å². The predicted octanol–water partition coefficient (Wildman–Crippen LogP) is 3.33. The maximum absolute atomic E-state index is 10.4. The first-order valence-electron chi connectivity index (χ1n) is 7.42. The van der Waals surface area contributed by atoms with E-state index in [9.17, 15) is 5.11 Å². The minimum atomic E-state index is -0.199. The second kappa shape index (κ2) is 6.75. The van der Waals surface area contributed by atoms with Crippen molar-refractivity contribution in [3.63, 3.8) is 0 Å². The number of nitrogens with two attached hydrogens (primary N) is 1. The van der Waals surface area contributed by atoms with Crippen molar-refractivity contribution in [2.45, 2.75) is 71.8 Å². The van der Waals surface area contributed by atoms with Gasteiger partial charge in [-0.1, -0.05) is 33.6 Å². The molecule has 0 amide bonds. The summed E-state index contributed by atoms with van der Waals surface area (Å²) in [4.78, 5) is 0. The molecule has 1 atom stereocenters. The van der Waals surface area contributed by atoms with E-state index in [-0.39, 0.29) is 11.5 Å². The van der Waals surface area contributed by atoms with Crippen molar-refractivity contribution in [3.05, 3.63) is 0 Å². The van der Waals surface area contributed by atoms with Crippen molar-refractivity contribution < 1.29 is 5.11 Å². The van der Waals surface area contributed by atoms with Crippen molar-refractivity contribution in [1.82, 2.24) is 0 Å². The van der Waals surface area contributed by atoms with Gasteiger partial charge in [0, 0.05) is 12.0 Å². The van der Waals surface area contributed by atoms with E-state index in [1.807, 2.05) is 0 Å². The highest BCUT2D eigenvalue weighted by Gasteiger charge is 2.39. The van der Waals surface area contributed by atoms with Gasteiger partial charge in [0.25, 0.3) is 0 Å². The summed E-state index contributed by atoms with van der Waals surface area (Å²) in [6, 6.07) is 0. The van der Waals surface area contributed by atoms with E-state index in [0.29, 0.717) is 12.5 Å². The van der Waals surface area contributed by atoms with E-state index in [1.54, 1.807) is 0 Å². The molecule has 2 nitrogen and oxygen atoms in total. The summed E-state index contributed by atoms with van der Waals surface area (Å²) in [6.45, 7) is 7.27. The van der Waals surface area contributed by atoms with Crippen LogP contribution in [0.15, 0.2) is 0 Å². The van der Waals surface area contributed by atoms with Crippen LogP contribution >= 0.6 is 0 Å². The Balaban J connectivity index is 2.54. The topological polar surface area (TPSA) is 46.2 Å². The zero-order valence-corrected chi connectivity index (χ0v) is 11.9. The van der Waals surface area contributed by atoms with Crippen LogP contribution in [0.25, 0.3) is 0 Å². The van der Waals surface area contributed by atoms with E-state index in [0.717, 1.165) is 25.2 Å². The molecule has 0 radical (unpaired) electrons. The summed E-state index contributed by atoms with van der Waals surface area (Å²) in [7, 11) is 0. The molecule has 17 heavy (non-hydrogen) atoms. The Morgan fingerprint density at radius 3 is 2.29 bits per heavy atom. The average molecular weight is 241 g/mol. The van der Waals surface area contributed by atoms with Gasteiger partial charge in [-0.05, 0) is 43.9 Å². The zero-order chi connectivity index (χ0) is 12.9. The molecule has 0 aliphatic heterocycles. The summed E-state index contributed by atoms with van der Waals surface area (Å²) >= 11 is 0. The molecule has 0 aromatic rings. The smallest absolute Gasteiger partial charge is 0.0610 e. The fourth-order valence-electron chi connectivity index (χ4n) is 3.32. The van der Waals surface area contributed by atoms with Gasteiger partial charge in [-0.3, -0.25) is 0 Å². The van der Waals surface area contributed by atoms with Crippen molar-refractivity contribution in [3.8, 4) is 0 Å². The largest absolute Gasteiger partial charge is 0.392 e. The summed E-state index contributed by atoms with van der Waals surface area (Å²) in [5, 5.41) is 10.4. The molecular formula is C15H31NO. The highest BCUT2D eigenvalue weighted by atomic mass is 16.3. The highest BCUT2D eigenvalue weighted by molar-refractivity contribution is 4.92. The number of hydrogen-bond donors (Lipinski definition) is 2. The quantitative estimate of drug-likeness (QED) is 0.749. The predicted molar refractivity (Wildman–Crippen MR) is 73.8 cm³/mol. The molecule has 0 aromatic heterocycles. The molecule has 0 spiro atoms. The van der Waals surface area contributed by atoms with Crippen molar-refractivity contribution in [2.75, 3.05) is 6.54 Å². The van der Waals surface area contributed by atoms with Gasteiger partial charge < -0.3 is 10.8 Å². The molecule has 1 saturated carbocycles. The third-order valence-electron chi connectivity index (χ3n) is 4.61. The lowest BCUT2D eigenvalue weighted by atomic mass is 9.65. The first-order chi connectivity index (χ1) is 8.04. The lowest BCUT2D eigenvalue weighted by Crippen LogP contribution is -2.45. The average Bonchev–Trinajstić information content (AvgIpc) is 2.30. The van der Waals surface area contributed by atoms with Crippen LogP contribution < -0.4 is 5.73 Å². The Morgan fingerprint density at radius 2 is 1.88 bits per heavy atom. The molecule has 1 aliphatic carbocycles. The van der Waals surface area contributed by atoms with Crippen LogP contribution in [0.4, 0.5) is 0 Å². The Morgan fingerprint density at radius 1 is 1.29 bits per heavy atom. The molecule has 102 valence electrons. The van der Waals surface area contributed by atoms with Crippen molar-refractivity contribution in [2.24, 2.45) is 23.0 Å². The second-order valence-electron chi connectivity index (χ2n) is 6.44. The third-order valence-corrected chi connectivity index (χ3v) is 4.61. The standard InChI is InChI=1S/C15H31NO/c1-4-5-13-6-8-15(11-16,9-7-13)14(17)10-12(2)3/h12-14,17H,4-11,16H2,1-3H3. The first kappa shape index (κ1) is 15.0. The molecule has 0 bridgehead atoms. The van der Waals surface area contributed by atoms with E-state index in [1.165, 1.54) is 25.7 Å². The van der Waals surface area contributed by atoms with E-state index in [2.05, 4.69) is 20.8 Å². The van der Waals surface area contributed by atoms with Gasteiger partial charge in [-0.15, -0.1) is 0 Å². The second-order valence-corrected chi connectivity index (χ2v) is 6.44. The normalized spacial score (nSPS) is 31.8. The lowest BCUT2D eigenvalue weighted by molar-refractivity contribution is -0.0204. The Labute approximate surface area is 107 Å². The maximum atomic E-state index is 10.4. The summed E-state index contributed by atoms with van der Waals surface area (Å²) < 4.78 is 0. The summed E-state index contributed by atoms with van der Waals surface area (Å²) in [6.07, 6.45) is 8.12. The summed E-state index contributed by atoms with van der Waals surface area (Å²) in [5.74, 6) is 1.44. The van der Waals surface area contributed by atoms with Crippen LogP contribution in [0.1, 0.15) is 65.7 Å². The van der Waals surface area contributed by atoms with Gasteiger partial charge in [-0.2, -0.15) is 0 Å². The van der Waals surface area contributed by atoms with E-state index >= 15 is 0 Å². The van der Waals surface area contributed by atoms with Crippen molar-refractivity contribution in [1.29, 1.82) is 0 Å². The molecule has 0 aromatic carbocycles. The Bertz CT molecular complexity index is 207. The van der Waals surface area contributed by atoms with Crippen LogP contribution in [0.2, 0.25) is 0 Å². The number of hydrogen-bond acceptors (Lipinski definition) is 2. The van der Waals surface area contributed by atoms with Crippen LogP contribution in [-0.4, -0.2) is 17.8 Å². The third kappa shape index (κ3) is 3.96. The number of rotatable bonds is 6. The van der Waals surface area contributed by atoms with Gasteiger partial charge in [-0.25, -0.2) is 0 Å². The van der Waals surface area contributed by atoms with Crippen LogP contribution in [0.3, 0.4) is 0 Å². The fourth-order valence-corrected chi connectivity index (χ4v) is 3.32. The minimum absolute atomic E-state index is 0.0223. The van der Waals surface area contributed by atoms with Crippen molar-refractivity contribution >= 4 is 0 Å². The van der Waals surface area contributed by atoms with E-state index < -0.39 is 0 Å². The fraction of sp³-hybridized carbons (Fsp3) is 1.00. The van der Waals surface area contributed by atoms with Crippen LogP contribution in [-0.2, 0) is 0 Å². The lowest BCUT2D eigenvalue weighted by Gasteiger charge is -2.43. The van der Waals surface area contributed by atoms with Gasteiger partial charge in [0.05, 0.1) is 6.10 Å². The van der Waals surface area contributed by atoms with Gasteiger partial charge in [0.2, 0.25) is 0 Å². The number of aliphatic hydroxyl groups is 1. The SMILES string of the molecule is CCCC1CCC(CN)(C(O)CC(C)C)CC1. The molecule has 1 rings (SSSR count). The molecule has 3 N–H and O–H groups in total. The van der Waals surface area contributed by atoms with E-state index in [4.69, 9.17) is 5.73 Å². The molecule has 1 aliphatic rings. The molecule has 1 unspecified atom stereocenters. The highest BCUT2D eigenvalue weighted by Crippen LogP contribution is 2.43. The maximum Gasteiger partial charge on any atom is 0.0610 e. The van der Waals surface area contributed by atoms with Gasteiger partial charge in [0.1, 0.15) is 0 Å². The molecule has 0 saturated heterocycles. The monoisotopic (exact) mass is 241 g/mol. The molecular weight excluding hydrogens is 210 g/mol. The van der Waals surface area contributed by atoms with Gasteiger partial charge >= 0.3 is 0 Å². The molecule has 2 heteroatoms. The Hall–Kier alpha value is -0.0800. The molecule has 1 fully saturated rings. The minimum Gasteiger partial charge on any atom is -0.392 e. The van der Waals surface area contributed by atoms with Gasteiger partial charge in [0.15, 0.2) is 0 Å². The Kier molecular flexibility index (Phi) is 5.94. The molecule has 0 heterocycles.